The summed E-state index contributed by atoms with van der Waals surface area (Å²) in [6, 6.07) is 9.58. The Bertz CT molecular complexity index is 467. The Labute approximate surface area is 114 Å². The van der Waals surface area contributed by atoms with Crippen molar-refractivity contribution in [2.24, 2.45) is 11.8 Å². The minimum atomic E-state index is -0.296. The zero-order valence-electron chi connectivity index (χ0n) is 11.4. The number of nitrogens with two attached hydrogens (primary N) is 1. The maximum atomic E-state index is 11.5. The topological polar surface area (TPSA) is 82.2 Å². The number of nitrogens with one attached hydrogen (secondary N) is 1. The van der Waals surface area contributed by atoms with Gasteiger partial charge in [-0.2, -0.15) is 5.26 Å². The molecule has 0 heterocycles. The van der Waals surface area contributed by atoms with Gasteiger partial charge in [0.25, 0.3) is 5.91 Å². The highest BCUT2D eigenvalue weighted by Gasteiger charge is 2.10. The van der Waals surface area contributed by atoms with Crippen LogP contribution in [0.15, 0.2) is 24.3 Å². The van der Waals surface area contributed by atoms with Gasteiger partial charge in [0.1, 0.15) is 0 Å². The summed E-state index contributed by atoms with van der Waals surface area (Å²) in [4.78, 5) is 13.6. The van der Waals surface area contributed by atoms with Crippen molar-refractivity contribution in [3.63, 3.8) is 0 Å². The lowest BCUT2D eigenvalue weighted by Gasteiger charge is -2.21. The molecule has 0 saturated carbocycles. The van der Waals surface area contributed by atoms with Crippen molar-refractivity contribution in [1.29, 1.82) is 5.26 Å². The molecule has 0 fully saturated rings. The molecule has 19 heavy (non-hydrogen) atoms. The molecule has 5 nitrogen and oxygen atoms in total. The van der Waals surface area contributed by atoms with E-state index in [4.69, 9.17) is 11.1 Å². The van der Waals surface area contributed by atoms with Gasteiger partial charge >= 0.3 is 0 Å². The highest BCUT2D eigenvalue weighted by atomic mass is 16.2. The third-order valence-electron chi connectivity index (χ3n) is 2.93. The average molecular weight is 260 g/mol. The molecule has 1 atom stereocenters. The summed E-state index contributed by atoms with van der Waals surface area (Å²) in [7, 11) is 0. The molecule has 1 aromatic rings. The van der Waals surface area contributed by atoms with Gasteiger partial charge in [0.2, 0.25) is 0 Å². The molecule has 1 unspecified atom stereocenters. The molecule has 0 aliphatic heterocycles. The van der Waals surface area contributed by atoms with Crippen molar-refractivity contribution in [2.45, 2.75) is 20.4 Å². The molecule has 1 amide bonds. The Balaban J connectivity index is 2.75. The minimum absolute atomic E-state index is 0.00419. The molecule has 3 N–H and O–H groups in total. The monoisotopic (exact) mass is 260 g/mol. The molecule has 0 radical (unpaired) electrons. The van der Waals surface area contributed by atoms with E-state index < -0.39 is 0 Å². The normalized spacial score (nSPS) is 11.9. The molecular formula is C14H20N4O. The second-order valence-electron chi connectivity index (χ2n) is 4.53. The summed E-state index contributed by atoms with van der Waals surface area (Å²) < 4.78 is 0. The standard InChI is InChI=1S/C14H20N4O/c1-3-18(9-11(2)8-15)10-12-5-4-6-13(7-12)14(19)17-16/h4-7,11H,3,9-10,16H2,1-2H3,(H,17,19). The first-order valence-electron chi connectivity index (χ1n) is 6.32. The number of hydrogen-bond donors (Lipinski definition) is 2. The summed E-state index contributed by atoms with van der Waals surface area (Å²) in [5, 5.41) is 8.85. The molecule has 0 spiro atoms. The van der Waals surface area contributed by atoms with E-state index in [-0.39, 0.29) is 11.8 Å². The van der Waals surface area contributed by atoms with Gasteiger partial charge in [0, 0.05) is 18.7 Å². The van der Waals surface area contributed by atoms with Crippen LogP contribution in [0.3, 0.4) is 0 Å². The van der Waals surface area contributed by atoms with Crippen LogP contribution in [0.25, 0.3) is 0 Å². The van der Waals surface area contributed by atoms with E-state index in [1.54, 1.807) is 6.07 Å². The lowest BCUT2D eigenvalue weighted by Crippen LogP contribution is -2.30. The average Bonchev–Trinajstić information content (AvgIpc) is 2.45. The first-order valence-corrected chi connectivity index (χ1v) is 6.32. The Morgan fingerprint density at radius 3 is 2.89 bits per heavy atom. The third kappa shape index (κ3) is 4.70. The minimum Gasteiger partial charge on any atom is -0.298 e. The van der Waals surface area contributed by atoms with Gasteiger partial charge in [-0.25, -0.2) is 5.84 Å². The fraction of sp³-hybridized carbons (Fsp3) is 0.429. The molecule has 102 valence electrons. The number of nitrogen functional groups attached to an aromatic ring is 1. The van der Waals surface area contributed by atoms with Crippen LogP contribution in [0, 0.1) is 17.2 Å². The second kappa shape index (κ2) is 7.52. The van der Waals surface area contributed by atoms with Crippen LogP contribution < -0.4 is 11.3 Å². The summed E-state index contributed by atoms with van der Waals surface area (Å²) in [6.45, 7) is 6.26. The van der Waals surface area contributed by atoms with E-state index in [9.17, 15) is 4.79 Å². The van der Waals surface area contributed by atoms with Crippen molar-refractivity contribution >= 4 is 5.91 Å². The number of hydrogen-bond acceptors (Lipinski definition) is 4. The number of rotatable bonds is 6. The molecule has 1 rings (SSSR count). The molecule has 0 bridgehead atoms. The van der Waals surface area contributed by atoms with E-state index in [0.717, 1.165) is 18.7 Å². The number of carbonyl (C=O) groups is 1. The van der Waals surface area contributed by atoms with E-state index in [1.165, 1.54) is 0 Å². The molecular weight excluding hydrogens is 240 g/mol. The Morgan fingerprint density at radius 2 is 2.32 bits per heavy atom. The zero-order chi connectivity index (χ0) is 14.3. The van der Waals surface area contributed by atoms with Crippen LogP contribution in [-0.2, 0) is 6.54 Å². The molecule has 0 aliphatic carbocycles. The third-order valence-corrected chi connectivity index (χ3v) is 2.93. The number of amides is 1. The van der Waals surface area contributed by atoms with E-state index >= 15 is 0 Å². The maximum absolute atomic E-state index is 11.5. The van der Waals surface area contributed by atoms with Gasteiger partial charge < -0.3 is 0 Å². The number of benzene rings is 1. The fourth-order valence-electron chi connectivity index (χ4n) is 1.89. The summed E-state index contributed by atoms with van der Waals surface area (Å²) in [5.74, 6) is 4.82. The van der Waals surface area contributed by atoms with Crippen molar-refractivity contribution in [3.05, 3.63) is 35.4 Å². The maximum Gasteiger partial charge on any atom is 0.265 e. The highest BCUT2D eigenvalue weighted by molar-refractivity contribution is 5.93. The van der Waals surface area contributed by atoms with E-state index in [1.807, 2.05) is 25.1 Å². The zero-order valence-corrected chi connectivity index (χ0v) is 11.4. The van der Waals surface area contributed by atoms with Crippen LogP contribution in [0.1, 0.15) is 29.8 Å². The summed E-state index contributed by atoms with van der Waals surface area (Å²) in [6.07, 6.45) is 0. The quantitative estimate of drug-likeness (QED) is 0.458. The predicted octanol–water partition coefficient (Wildman–Crippen LogP) is 1.27. The second-order valence-corrected chi connectivity index (χ2v) is 4.53. The lowest BCUT2D eigenvalue weighted by molar-refractivity contribution is 0.0953. The van der Waals surface area contributed by atoms with Crippen molar-refractivity contribution in [3.8, 4) is 6.07 Å². The number of hydrazine groups is 1. The fourth-order valence-corrected chi connectivity index (χ4v) is 1.89. The number of nitrogens with zero attached hydrogens (tertiary/aromatic N) is 2. The Morgan fingerprint density at radius 1 is 1.58 bits per heavy atom. The van der Waals surface area contributed by atoms with Crippen LogP contribution >= 0.6 is 0 Å². The molecule has 0 aromatic heterocycles. The smallest absolute Gasteiger partial charge is 0.265 e. The lowest BCUT2D eigenvalue weighted by atomic mass is 10.1. The first kappa shape index (κ1) is 15.2. The molecule has 0 saturated heterocycles. The van der Waals surface area contributed by atoms with Crippen LogP contribution in [0.5, 0.6) is 0 Å². The van der Waals surface area contributed by atoms with Crippen LogP contribution in [0.4, 0.5) is 0 Å². The van der Waals surface area contributed by atoms with E-state index in [0.29, 0.717) is 12.1 Å². The predicted molar refractivity (Wildman–Crippen MR) is 73.8 cm³/mol. The summed E-state index contributed by atoms with van der Waals surface area (Å²) in [5.41, 5.74) is 3.70. The van der Waals surface area contributed by atoms with Gasteiger partial charge in [-0.05, 0) is 31.2 Å². The number of carbonyl (C=O) groups excluding carboxylic acids is 1. The SMILES string of the molecule is CCN(Cc1cccc(C(=O)NN)c1)CC(C)C#N. The van der Waals surface area contributed by atoms with Crippen molar-refractivity contribution in [2.75, 3.05) is 13.1 Å². The summed E-state index contributed by atoms with van der Waals surface area (Å²) >= 11 is 0. The van der Waals surface area contributed by atoms with Crippen molar-refractivity contribution < 1.29 is 4.79 Å². The van der Waals surface area contributed by atoms with Gasteiger partial charge in [0.15, 0.2) is 0 Å². The van der Waals surface area contributed by atoms with Gasteiger partial charge in [0.05, 0.1) is 12.0 Å². The Hall–Kier alpha value is -1.90. The molecule has 1 aromatic carbocycles. The largest absolute Gasteiger partial charge is 0.298 e. The number of nitriles is 1. The van der Waals surface area contributed by atoms with Crippen molar-refractivity contribution in [1.82, 2.24) is 10.3 Å². The van der Waals surface area contributed by atoms with E-state index in [2.05, 4.69) is 23.3 Å². The first-order chi connectivity index (χ1) is 9.10. The van der Waals surface area contributed by atoms with Crippen LogP contribution in [0.2, 0.25) is 0 Å². The van der Waals surface area contributed by atoms with Gasteiger partial charge in [-0.3, -0.25) is 15.1 Å². The molecule has 0 aliphatic rings. The molecule has 5 heteroatoms. The van der Waals surface area contributed by atoms with Gasteiger partial charge in [-0.15, -0.1) is 0 Å². The van der Waals surface area contributed by atoms with Crippen LogP contribution in [-0.4, -0.2) is 23.9 Å². The highest BCUT2D eigenvalue weighted by Crippen LogP contribution is 2.10. The van der Waals surface area contributed by atoms with Gasteiger partial charge in [-0.1, -0.05) is 19.1 Å². The Kier molecular flexibility index (Phi) is 6.00.